The zero-order valence-corrected chi connectivity index (χ0v) is 28.8. The average molecular weight is 637 g/mol. The lowest BCUT2D eigenvalue weighted by Gasteiger charge is -2.32. The molecule has 2 aromatic heterocycles. The zero-order chi connectivity index (χ0) is 33.4. The third-order valence-electron chi connectivity index (χ3n) is 11.9. The zero-order valence-electron chi connectivity index (χ0n) is 28.8. The Kier molecular flexibility index (Phi) is 5.68. The van der Waals surface area contributed by atoms with Crippen LogP contribution in [0.1, 0.15) is 52.7 Å². The lowest BCUT2D eigenvalue weighted by atomic mass is 9.79. The molecule has 3 heterocycles. The van der Waals surface area contributed by atoms with Crippen molar-refractivity contribution < 1.29 is 9.31 Å². The Morgan fingerprint density at radius 2 is 1.20 bits per heavy atom. The maximum Gasteiger partial charge on any atom is 0.494 e. The number of pyridine rings is 1. The summed E-state index contributed by atoms with van der Waals surface area (Å²) in [6, 6.07) is 38.1. The van der Waals surface area contributed by atoms with E-state index in [1.807, 2.05) is 12.4 Å². The second-order valence-corrected chi connectivity index (χ2v) is 15.5. The van der Waals surface area contributed by atoms with Crippen molar-refractivity contribution in [2.24, 2.45) is 0 Å². The van der Waals surface area contributed by atoms with Crippen molar-refractivity contribution in [3.05, 3.63) is 127 Å². The summed E-state index contributed by atoms with van der Waals surface area (Å²) in [6.45, 7) is 13.2. The minimum atomic E-state index is -0.441. The van der Waals surface area contributed by atoms with Crippen LogP contribution >= 0.6 is 0 Å². The average Bonchev–Trinajstić information content (AvgIpc) is 3.64. The van der Waals surface area contributed by atoms with Gasteiger partial charge in [0, 0.05) is 34.3 Å². The topological polar surface area (TPSA) is 36.3 Å². The summed E-state index contributed by atoms with van der Waals surface area (Å²) < 4.78 is 15.5. The number of rotatable bonds is 2. The molecule has 1 saturated heterocycles. The van der Waals surface area contributed by atoms with Crippen LogP contribution in [0.3, 0.4) is 0 Å². The molecule has 0 atom stereocenters. The fourth-order valence-electron chi connectivity index (χ4n) is 8.69. The normalized spacial score (nSPS) is 17.5. The highest BCUT2D eigenvalue weighted by molar-refractivity contribution is 6.62. The molecule has 1 fully saturated rings. The van der Waals surface area contributed by atoms with Crippen molar-refractivity contribution in [3.63, 3.8) is 0 Å². The van der Waals surface area contributed by atoms with E-state index in [1.54, 1.807) is 0 Å². The molecule has 10 rings (SSSR count). The van der Waals surface area contributed by atoms with E-state index in [0.29, 0.717) is 0 Å². The van der Waals surface area contributed by atoms with Crippen LogP contribution in [0.15, 0.2) is 116 Å². The first-order valence-electron chi connectivity index (χ1n) is 17.3. The van der Waals surface area contributed by atoms with Gasteiger partial charge in [0.25, 0.3) is 0 Å². The number of hydrogen-bond donors (Lipinski definition) is 0. The number of benzene rings is 6. The summed E-state index contributed by atoms with van der Waals surface area (Å²) in [5.41, 5.74) is 8.71. The number of nitrogens with zero attached hydrogens (tertiary/aromatic N) is 2. The summed E-state index contributed by atoms with van der Waals surface area (Å²) in [5, 5.41) is 10.2. The molecule has 0 spiro atoms. The summed E-state index contributed by atoms with van der Waals surface area (Å²) >= 11 is 0. The first-order valence-corrected chi connectivity index (χ1v) is 17.3. The largest absolute Gasteiger partial charge is 0.494 e. The highest BCUT2D eigenvalue weighted by Crippen LogP contribution is 2.54. The van der Waals surface area contributed by atoms with Crippen LogP contribution in [0, 0.1) is 0 Å². The van der Waals surface area contributed by atoms with E-state index in [0.717, 1.165) is 22.1 Å². The van der Waals surface area contributed by atoms with Gasteiger partial charge < -0.3 is 13.9 Å². The lowest BCUT2D eigenvalue weighted by molar-refractivity contribution is 0.00578. The first-order chi connectivity index (χ1) is 23.5. The van der Waals surface area contributed by atoms with Gasteiger partial charge in [0.15, 0.2) is 0 Å². The Morgan fingerprint density at radius 3 is 1.88 bits per heavy atom. The molecular formula is C44H37BN2O2. The van der Waals surface area contributed by atoms with Crippen LogP contribution in [-0.2, 0) is 14.7 Å². The van der Waals surface area contributed by atoms with E-state index in [-0.39, 0.29) is 5.41 Å². The van der Waals surface area contributed by atoms with Crippen molar-refractivity contribution >= 4 is 66.7 Å². The fourth-order valence-corrected chi connectivity index (χ4v) is 8.69. The van der Waals surface area contributed by atoms with Gasteiger partial charge in [-0.15, -0.1) is 0 Å². The van der Waals surface area contributed by atoms with Gasteiger partial charge in [-0.05, 0) is 118 Å². The van der Waals surface area contributed by atoms with Crippen molar-refractivity contribution in [1.82, 2.24) is 9.55 Å². The third kappa shape index (κ3) is 3.80. The van der Waals surface area contributed by atoms with Gasteiger partial charge in [-0.25, -0.2) is 0 Å². The molecule has 49 heavy (non-hydrogen) atoms. The van der Waals surface area contributed by atoms with E-state index in [2.05, 4.69) is 154 Å². The summed E-state index contributed by atoms with van der Waals surface area (Å²) in [4.78, 5) is 4.59. The molecule has 6 aromatic carbocycles. The molecule has 0 radical (unpaired) electrons. The van der Waals surface area contributed by atoms with Crippen molar-refractivity contribution in [2.75, 3.05) is 0 Å². The van der Waals surface area contributed by atoms with Gasteiger partial charge in [0.1, 0.15) is 0 Å². The molecule has 1 aliphatic heterocycles. The molecule has 2 aliphatic rings. The van der Waals surface area contributed by atoms with E-state index in [4.69, 9.17) is 9.31 Å². The summed E-state index contributed by atoms with van der Waals surface area (Å²) in [7, 11) is -0.441. The van der Waals surface area contributed by atoms with Gasteiger partial charge in [-0.2, -0.15) is 0 Å². The van der Waals surface area contributed by atoms with E-state index < -0.39 is 18.3 Å². The molecule has 238 valence electrons. The maximum atomic E-state index is 6.50. The van der Waals surface area contributed by atoms with E-state index in [1.165, 1.54) is 65.5 Å². The highest BCUT2D eigenvalue weighted by Gasteiger charge is 2.51. The van der Waals surface area contributed by atoms with Gasteiger partial charge in [0.05, 0.1) is 22.2 Å². The Labute approximate surface area is 286 Å². The molecule has 0 bridgehead atoms. The van der Waals surface area contributed by atoms with Crippen LogP contribution < -0.4 is 5.46 Å². The molecule has 4 nitrogen and oxygen atoms in total. The van der Waals surface area contributed by atoms with E-state index in [9.17, 15) is 0 Å². The molecule has 0 unspecified atom stereocenters. The Hall–Kier alpha value is -4.97. The maximum absolute atomic E-state index is 6.50. The van der Waals surface area contributed by atoms with Crippen molar-refractivity contribution in [1.29, 1.82) is 0 Å². The lowest BCUT2D eigenvalue weighted by Crippen LogP contribution is -2.41. The van der Waals surface area contributed by atoms with Crippen LogP contribution in [0.5, 0.6) is 0 Å². The summed E-state index contributed by atoms with van der Waals surface area (Å²) in [5.74, 6) is 0. The van der Waals surface area contributed by atoms with Crippen LogP contribution in [0.2, 0.25) is 0 Å². The van der Waals surface area contributed by atoms with Crippen LogP contribution in [0.25, 0.3) is 70.9 Å². The number of hydrogen-bond acceptors (Lipinski definition) is 3. The molecule has 0 amide bonds. The highest BCUT2D eigenvalue weighted by atomic mass is 16.7. The second-order valence-electron chi connectivity index (χ2n) is 15.5. The Bertz CT molecular complexity index is 2700. The minimum Gasteiger partial charge on any atom is -0.399 e. The van der Waals surface area contributed by atoms with Gasteiger partial charge in [0.2, 0.25) is 0 Å². The van der Waals surface area contributed by atoms with Crippen LogP contribution in [-0.4, -0.2) is 27.9 Å². The standard InChI is InChI=1S/C44H37BN2O2/c1-42(2)38-24-35-31-17-10-8-15-29(31)28-14-7-9-16-30(28)34(35)23-36(38)32-18-19-33-37-25-46-21-20-39(37)47(41(33)40(32)42)27-13-11-12-26(22-27)45-48-43(3,4)44(5,6)49-45/h7-25H,1-6H3. The molecule has 5 heteroatoms. The van der Waals surface area contributed by atoms with Crippen molar-refractivity contribution in [3.8, 4) is 16.8 Å². The van der Waals surface area contributed by atoms with Crippen molar-refractivity contribution in [2.45, 2.75) is 58.2 Å². The SMILES string of the molecule is CC1(C)c2cc3c4ccccc4c4ccccc4c3cc2-c2ccc3c4cnccc4n(-c4cccc(B5OC(C)(C)C(C)(C)O5)c4)c3c21. The fraction of sp³-hybridized carbons (Fsp3) is 0.205. The van der Waals surface area contributed by atoms with Crippen LogP contribution in [0.4, 0.5) is 0 Å². The quantitative estimate of drug-likeness (QED) is 0.140. The third-order valence-corrected chi connectivity index (χ3v) is 11.9. The second kappa shape index (κ2) is 9.59. The number of aromatic nitrogens is 2. The predicted molar refractivity (Wildman–Crippen MR) is 204 cm³/mol. The van der Waals surface area contributed by atoms with Gasteiger partial charge in [-0.3, -0.25) is 4.98 Å². The molecule has 8 aromatic rings. The van der Waals surface area contributed by atoms with E-state index >= 15 is 0 Å². The minimum absolute atomic E-state index is 0.256. The van der Waals surface area contributed by atoms with Gasteiger partial charge >= 0.3 is 7.12 Å². The smallest absolute Gasteiger partial charge is 0.399 e. The predicted octanol–water partition coefficient (Wildman–Crippen LogP) is 10.2. The molecular weight excluding hydrogens is 599 g/mol. The first kappa shape index (κ1) is 29.0. The molecule has 1 aliphatic carbocycles. The molecule has 0 saturated carbocycles. The molecule has 0 N–H and O–H groups in total. The Balaban J connectivity index is 1.26. The number of fused-ring (bicyclic) bond motifs is 13. The Morgan fingerprint density at radius 1 is 0.571 bits per heavy atom. The monoisotopic (exact) mass is 636 g/mol. The summed E-state index contributed by atoms with van der Waals surface area (Å²) in [6.07, 6.45) is 3.92. The van der Waals surface area contributed by atoms with Gasteiger partial charge in [-0.1, -0.05) is 86.6 Å².